The fourth-order valence-electron chi connectivity index (χ4n) is 1.83. The van der Waals surface area contributed by atoms with Gasteiger partial charge < -0.3 is 10.4 Å². The second-order valence-corrected chi connectivity index (χ2v) is 5.42. The first-order valence-electron chi connectivity index (χ1n) is 6.14. The molecule has 1 aliphatic rings. The summed E-state index contributed by atoms with van der Waals surface area (Å²) in [7, 11) is 0. The lowest BCUT2D eigenvalue weighted by atomic mass is 10.1. The normalized spacial score (nSPS) is 16.1. The second kappa shape index (κ2) is 6.29. The van der Waals surface area contributed by atoms with Crippen LogP contribution in [0.15, 0.2) is 24.3 Å². The van der Waals surface area contributed by atoms with Crippen molar-refractivity contribution in [2.45, 2.75) is 18.9 Å². The van der Waals surface area contributed by atoms with E-state index in [4.69, 9.17) is 28.3 Å². The molecule has 1 aromatic rings. The minimum Gasteiger partial charge on any atom is -0.480 e. The van der Waals surface area contributed by atoms with Gasteiger partial charge in [0.1, 0.15) is 6.04 Å². The molecule has 20 heavy (non-hydrogen) atoms. The maximum absolute atomic E-state index is 11.7. The highest BCUT2D eigenvalue weighted by atomic mass is 35.5. The summed E-state index contributed by atoms with van der Waals surface area (Å²) in [6, 6.07) is 4.26. The summed E-state index contributed by atoms with van der Waals surface area (Å²) in [5.41, 5.74) is 0.604. The molecule has 4 nitrogen and oxygen atoms in total. The molecule has 0 bridgehead atoms. The summed E-state index contributed by atoms with van der Waals surface area (Å²) in [4.78, 5) is 22.7. The number of aliphatic carboxylic acids is 1. The molecule has 106 valence electrons. The van der Waals surface area contributed by atoms with Crippen molar-refractivity contribution in [3.63, 3.8) is 0 Å². The molecule has 0 radical (unpaired) electrons. The number of rotatable bonds is 5. The average Bonchev–Trinajstić information content (AvgIpc) is 3.21. The summed E-state index contributed by atoms with van der Waals surface area (Å²) in [5.74, 6) is -1.42. The fourth-order valence-corrected chi connectivity index (χ4v) is 2.20. The topological polar surface area (TPSA) is 66.4 Å². The van der Waals surface area contributed by atoms with E-state index < -0.39 is 17.9 Å². The van der Waals surface area contributed by atoms with Crippen LogP contribution in [0.1, 0.15) is 18.4 Å². The molecule has 2 rings (SSSR count). The zero-order valence-electron chi connectivity index (χ0n) is 10.5. The molecule has 1 unspecified atom stereocenters. The predicted molar refractivity (Wildman–Crippen MR) is 77.8 cm³/mol. The molecule has 1 fully saturated rings. The Kier molecular flexibility index (Phi) is 4.68. The Bertz CT molecular complexity index is 568. The SMILES string of the molecule is O=C(C=Cc1cccc(Cl)c1Cl)NC(C(=O)O)C1CC1. The molecule has 1 aliphatic carbocycles. The minimum atomic E-state index is -1.00. The third-order valence-corrected chi connectivity index (χ3v) is 3.89. The first-order valence-corrected chi connectivity index (χ1v) is 6.90. The van der Waals surface area contributed by atoms with Crippen molar-refractivity contribution in [2.75, 3.05) is 0 Å². The minimum absolute atomic E-state index is 0.0413. The third-order valence-electron chi connectivity index (χ3n) is 3.05. The maximum Gasteiger partial charge on any atom is 0.326 e. The average molecular weight is 314 g/mol. The molecule has 0 heterocycles. The third kappa shape index (κ3) is 3.74. The number of hydrogen-bond donors (Lipinski definition) is 2. The number of carbonyl (C=O) groups is 2. The van der Waals surface area contributed by atoms with Crippen LogP contribution in [0.25, 0.3) is 6.08 Å². The van der Waals surface area contributed by atoms with E-state index in [0.29, 0.717) is 15.6 Å². The quantitative estimate of drug-likeness (QED) is 0.821. The van der Waals surface area contributed by atoms with Gasteiger partial charge in [0, 0.05) is 6.08 Å². The van der Waals surface area contributed by atoms with Gasteiger partial charge in [0.2, 0.25) is 5.91 Å². The lowest BCUT2D eigenvalue weighted by Crippen LogP contribution is -2.41. The van der Waals surface area contributed by atoms with Crippen LogP contribution >= 0.6 is 23.2 Å². The highest BCUT2D eigenvalue weighted by molar-refractivity contribution is 6.42. The Labute approximate surface area is 126 Å². The zero-order chi connectivity index (χ0) is 14.7. The largest absolute Gasteiger partial charge is 0.480 e. The van der Waals surface area contributed by atoms with Gasteiger partial charge in [0.25, 0.3) is 0 Å². The molecule has 1 atom stereocenters. The number of hydrogen-bond acceptors (Lipinski definition) is 2. The van der Waals surface area contributed by atoms with Crippen LogP contribution in [-0.4, -0.2) is 23.0 Å². The lowest BCUT2D eigenvalue weighted by Gasteiger charge is -2.11. The number of amides is 1. The van der Waals surface area contributed by atoms with Crippen molar-refractivity contribution in [3.05, 3.63) is 39.9 Å². The van der Waals surface area contributed by atoms with E-state index in [1.165, 1.54) is 12.2 Å². The van der Waals surface area contributed by atoms with Crippen LogP contribution in [0.2, 0.25) is 10.0 Å². The fraction of sp³-hybridized carbons (Fsp3) is 0.286. The van der Waals surface area contributed by atoms with E-state index >= 15 is 0 Å². The molecule has 1 amide bonds. The Morgan fingerprint density at radius 2 is 2.05 bits per heavy atom. The smallest absolute Gasteiger partial charge is 0.326 e. The van der Waals surface area contributed by atoms with Crippen molar-refractivity contribution in [1.29, 1.82) is 0 Å². The van der Waals surface area contributed by atoms with Crippen LogP contribution in [0.3, 0.4) is 0 Å². The van der Waals surface area contributed by atoms with Crippen LogP contribution in [0.4, 0.5) is 0 Å². The molecule has 0 spiro atoms. The van der Waals surface area contributed by atoms with Crippen molar-refractivity contribution in [2.24, 2.45) is 5.92 Å². The highest BCUT2D eigenvalue weighted by Crippen LogP contribution is 2.32. The number of benzene rings is 1. The molecule has 0 saturated heterocycles. The predicted octanol–water partition coefficient (Wildman–Crippen LogP) is 2.99. The number of halogens is 2. The molecule has 1 aromatic carbocycles. The monoisotopic (exact) mass is 313 g/mol. The van der Waals surface area contributed by atoms with Crippen LogP contribution in [-0.2, 0) is 9.59 Å². The van der Waals surface area contributed by atoms with Gasteiger partial charge in [-0.3, -0.25) is 4.79 Å². The van der Waals surface area contributed by atoms with E-state index in [0.717, 1.165) is 12.8 Å². The van der Waals surface area contributed by atoms with Crippen molar-refractivity contribution < 1.29 is 14.7 Å². The van der Waals surface area contributed by atoms with E-state index in [9.17, 15) is 9.59 Å². The Morgan fingerprint density at radius 3 is 2.65 bits per heavy atom. The van der Waals surface area contributed by atoms with Crippen LogP contribution < -0.4 is 5.32 Å². The molecule has 6 heteroatoms. The van der Waals surface area contributed by atoms with Gasteiger partial charge in [-0.2, -0.15) is 0 Å². The molecule has 0 aromatic heterocycles. The Hall–Kier alpha value is -1.52. The van der Waals surface area contributed by atoms with E-state index in [1.54, 1.807) is 18.2 Å². The van der Waals surface area contributed by atoms with E-state index in [1.807, 2.05) is 0 Å². The van der Waals surface area contributed by atoms with Crippen molar-refractivity contribution in [1.82, 2.24) is 5.32 Å². The van der Waals surface area contributed by atoms with Crippen LogP contribution in [0.5, 0.6) is 0 Å². The van der Waals surface area contributed by atoms with Crippen molar-refractivity contribution in [3.8, 4) is 0 Å². The molecular weight excluding hydrogens is 301 g/mol. The summed E-state index contributed by atoms with van der Waals surface area (Å²) < 4.78 is 0. The van der Waals surface area contributed by atoms with Crippen molar-refractivity contribution >= 4 is 41.2 Å². The number of carboxylic acids is 1. The van der Waals surface area contributed by atoms with Crippen LogP contribution in [0, 0.1) is 5.92 Å². The highest BCUT2D eigenvalue weighted by Gasteiger charge is 2.36. The number of carboxylic acid groups (broad SMARTS) is 1. The Balaban J connectivity index is 2.01. The molecular formula is C14H13Cl2NO3. The number of carbonyl (C=O) groups excluding carboxylic acids is 1. The first kappa shape index (κ1) is 14.9. The van der Waals surface area contributed by atoms with Gasteiger partial charge in [-0.05, 0) is 36.5 Å². The summed E-state index contributed by atoms with van der Waals surface area (Å²) >= 11 is 11.8. The van der Waals surface area contributed by atoms with Gasteiger partial charge in [0.15, 0.2) is 0 Å². The molecule has 0 aliphatic heterocycles. The summed E-state index contributed by atoms with van der Waals surface area (Å²) in [5, 5.41) is 12.3. The summed E-state index contributed by atoms with van der Waals surface area (Å²) in [6.07, 6.45) is 4.44. The summed E-state index contributed by atoms with van der Waals surface area (Å²) in [6.45, 7) is 0. The first-order chi connectivity index (χ1) is 9.49. The van der Waals surface area contributed by atoms with Gasteiger partial charge in [-0.1, -0.05) is 35.3 Å². The molecule has 2 N–H and O–H groups in total. The van der Waals surface area contributed by atoms with Gasteiger partial charge in [0.05, 0.1) is 10.0 Å². The van der Waals surface area contributed by atoms with Gasteiger partial charge in [-0.15, -0.1) is 0 Å². The molecule has 1 saturated carbocycles. The standard InChI is InChI=1S/C14H13Cl2NO3/c15-10-3-1-2-8(12(10)16)6-7-11(18)17-13(14(19)20)9-4-5-9/h1-3,6-7,9,13H,4-5H2,(H,17,18)(H,19,20). The Morgan fingerprint density at radius 1 is 1.35 bits per heavy atom. The van der Waals surface area contributed by atoms with E-state index in [2.05, 4.69) is 5.32 Å². The lowest BCUT2D eigenvalue weighted by molar-refractivity contribution is -0.141. The second-order valence-electron chi connectivity index (χ2n) is 4.64. The van der Waals surface area contributed by atoms with E-state index in [-0.39, 0.29) is 5.92 Å². The number of nitrogens with one attached hydrogen (secondary N) is 1. The van der Waals surface area contributed by atoms with Gasteiger partial charge in [-0.25, -0.2) is 4.79 Å². The van der Waals surface area contributed by atoms with Gasteiger partial charge >= 0.3 is 5.97 Å². The zero-order valence-corrected chi connectivity index (χ0v) is 12.0. The maximum atomic E-state index is 11.7.